The molecule has 38 heavy (non-hydrogen) atoms. The summed E-state index contributed by atoms with van der Waals surface area (Å²) in [5.41, 5.74) is 4.59. The summed E-state index contributed by atoms with van der Waals surface area (Å²) in [6, 6.07) is 0. The van der Waals surface area contributed by atoms with Gasteiger partial charge in [0.05, 0.1) is 19.0 Å². The highest BCUT2D eigenvalue weighted by atomic mass is 31.3. The topological polar surface area (TPSA) is 311 Å². The van der Waals surface area contributed by atoms with Gasteiger partial charge in [0.2, 0.25) is 5.95 Å². The molecule has 2 unspecified atom stereocenters. The number of aliphatic hydroxyl groups is 5. The molecule has 20 nitrogen and oxygen atoms in total. The lowest BCUT2D eigenvalue weighted by molar-refractivity contribution is -0.271. The standard InChI is InChI=1S/C16H25N5O15P2/c1-4-7(22)9(24)11(26)15(33-4)35-38(30,31)36-37(28,29)32-2-5-8(23)10(25)14(34-5)21-3-18-6-12(21)19-16(17)20-13(6)27/h3-5,7-11,14-15,22-26H,2H2,1H3,(H,28,29)(H,30,31)(H3,17,19,20,27)/t4-,5+,7-,8+,9+,10+,11-,14+,15+/m0/s1. The first kappa shape index (κ1) is 29.1. The maximum Gasteiger partial charge on any atom is 0.483 e. The molecule has 0 bridgehead atoms. The number of nitrogens with two attached hydrogens (primary N) is 1. The Balaban J connectivity index is 1.39. The van der Waals surface area contributed by atoms with Gasteiger partial charge in [0.25, 0.3) is 5.56 Å². The van der Waals surface area contributed by atoms with Crippen LogP contribution in [0.1, 0.15) is 13.2 Å². The SMILES string of the molecule is C[C@@H]1O[C@H](OP(=O)(O)OP(=O)(O)OC[C@H]2O[C@@H](n3cnc4c(=O)[nH]c(N)nc43)[C@H](O)[C@@H]2O)[C@@H](O)[C@H](O)[C@H]1O. The monoisotopic (exact) mass is 589 g/mol. The summed E-state index contributed by atoms with van der Waals surface area (Å²) < 4.78 is 49.3. The van der Waals surface area contributed by atoms with E-state index >= 15 is 0 Å². The van der Waals surface area contributed by atoms with E-state index in [4.69, 9.17) is 15.2 Å². The first-order valence-electron chi connectivity index (χ1n) is 10.7. The summed E-state index contributed by atoms with van der Waals surface area (Å²) in [6.07, 6.45) is -13.8. The highest BCUT2D eigenvalue weighted by Crippen LogP contribution is 2.61. The number of nitrogens with zero attached hydrogens (tertiary/aromatic N) is 3. The number of aromatic nitrogens is 4. The number of nitrogens with one attached hydrogen (secondary N) is 1. The molecule has 0 aliphatic carbocycles. The number of phosphoric ester groups is 2. The second-order valence-corrected chi connectivity index (χ2v) is 11.4. The number of hydrogen-bond donors (Lipinski definition) is 9. The lowest BCUT2D eigenvalue weighted by Gasteiger charge is -2.38. The van der Waals surface area contributed by atoms with Crippen molar-refractivity contribution in [1.29, 1.82) is 0 Å². The average Bonchev–Trinajstić information content (AvgIpc) is 3.35. The first-order chi connectivity index (χ1) is 17.6. The van der Waals surface area contributed by atoms with Crippen molar-refractivity contribution in [3.8, 4) is 0 Å². The molecule has 2 fully saturated rings. The zero-order chi connectivity index (χ0) is 28.2. The highest BCUT2D eigenvalue weighted by molar-refractivity contribution is 7.61. The molecule has 4 rings (SSSR count). The number of H-pyrrole nitrogens is 1. The minimum atomic E-state index is -5.50. The van der Waals surface area contributed by atoms with E-state index in [0.717, 1.165) is 10.9 Å². The van der Waals surface area contributed by atoms with E-state index in [-0.39, 0.29) is 17.1 Å². The van der Waals surface area contributed by atoms with Crippen LogP contribution in [0.4, 0.5) is 5.95 Å². The molecular weight excluding hydrogens is 564 g/mol. The fourth-order valence-corrected chi connectivity index (χ4v) is 5.96. The highest BCUT2D eigenvalue weighted by Gasteiger charge is 2.49. The van der Waals surface area contributed by atoms with E-state index in [0.29, 0.717) is 0 Å². The van der Waals surface area contributed by atoms with Crippen molar-refractivity contribution >= 4 is 32.8 Å². The predicted octanol–water partition coefficient (Wildman–Crippen LogP) is -3.60. The Kier molecular flexibility index (Phi) is 8.12. The van der Waals surface area contributed by atoms with Gasteiger partial charge in [0, 0.05) is 0 Å². The number of hydrogen-bond acceptors (Lipinski definition) is 16. The molecule has 0 amide bonds. The van der Waals surface area contributed by atoms with Gasteiger partial charge >= 0.3 is 15.6 Å². The second-order valence-electron chi connectivity index (χ2n) is 8.42. The number of anilines is 1. The van der Waals surface area contributed by atoms with Crippen molar-refractivity contribution in [3.63, 3.8) is 0 Å². The Morgan fingerprint density at radius 1 is 1.05 bits per heavy atom. The minimum Gasteiger partial charge on any atom is -0.388 e. The van der Waals surface area contributed by atoms with Crippen LogP contribution >= 0.6 is 15.6 Å². The van der Waals surface area contributed by atoms with Crippen molar-refractivity contribution in [1.82, 2.24) is 19.5 Å². The lowest BCUT2D eigenvalue weighted by Crippen LogP contribution is -2.57. The summed E-state index contributed by atoms with van der Waals surface area (Å²) in [5.74, 6) is -0.266. The van der Waals surface area contributed by atoms with E-state index in [9.17, 15) is 49.2 Å². The molecule has 0 spiro atoms. The second kappa shape index (κ2) is 10.6. The summed E-state index contributed by atoms with van der Waals surface area (Å²) in [4.78, 5) is 41.7. The molecule has 4 heterocycles. The number of aromatic amines is 1. The van der Waals surface area contributed by atoms with Gasteiger partial charge in [-0.1, -0.05) is 0 Å². The number of rotatable bonds is 8. The molecular formula is C16H25N5O15P2. The third-order valence-electron chi connectivity index (χ3n) is 5.72. The molecule has 2 aliphatic rings. The third kappa shape index (κ3) is 5.83. The van der Waals surface area contributed by atoms with Crippen LogP contribution in [-0.4, -0.2) is 110 Å². The Bertz CT molecular complexity index is 1320. The van der Waals surface area contributed by atoms with Crippen molar-refractivity contribution in [2.75, 3.05) is 12.3 Å². The summed E-state index contributed by atoms with van der Waals surface area (Å²) in [7, 11) is -10.9. The Morgan fingerprint density at radius 3 is 2.42 bits per heavy atom. The number of imidazole rings is 1. The number of phosphoric acid groups is 2. The van der Waals surface area contributed by atoms with Crippen LogP contribution in [0.15, 0.2) is 11.1 Å². The van der Waals surface area contributed by atoms with Gasteiger partial charge in [-0.25, -0.2) is 14.1 Å². The van der Waals surface area contributed by atoms with Crippen LogP contribution in [0.3, 0.4) is 0 Å². The maximum atomic E-state index is 12.3. The molecule has 2 aromatic rings. The predicted molar refractivity (Wildman–Crippen MR) is 119 cm³/mol. The zero-order valence-corrected chi connectivity index (χ0v) is 21.0. The van der Waals surface area contributed by atoms with Crippen LogP contribution < -0.4 is 11.3 Å². The van der Waals surface area contributed by atoms with Crippen LogP contribution in [-0.2, 0) is 32.0 Å². The minimum absolute atomic E-state index is 0.0994. The molecule has 22 heteroatoms. The zero-order valence-electron chi connectivity index (χ0n) is 19.2. The molecule has 214 valence electrons. The van der Waals surface area contributed by atoms with Gasteiger partial charge in [0.15, 0.2) is 23.7 Å². The molecule has 0 radical (unpaired) electrons. The van der Waals surface area contributed by atoms with Crippen LogP contribution in [0.2, 0.25) is 0 Å². The lowest BCUT2D eigenvalue weighted by atomic mass is 10.0. The number of nitrogen functional groups attached to an aromatic ring is 1. The van der Waals surface area contributed by atoms with Crippen LogP contribution in [0.25, 0.3) is 11.2 Å². The average molecular weight is 589 g/mol. The van der Waals surface area contributed by atoms with Gasteiger partial charge in [0.1, 0.15) is 36.6 Å². The third-order valence-corrected chi connectivity index (χ3v) is 8.32. The Morgan fingerprint density at radius 2 is 1.74 bits per heavy atom. The van der Waals surface area contributed by atoms with Crippen molar-refractivity contribution in [2.24, 2.45) is 0 Å². The first-order valence-corrected chi connectivity index (χ1v) is 13.7. The van der Waals surface area contributed by atoms with Crippen molar-refractivity contribution < 1.29 is 67.3 Å². The molecule has 0 saturated carbocycles. The summed E-state index contributed by atoms with van der Waals surface area (Å²) in [5, 5.41) is 50.0. The molecule has 2 saturated heterocycles. The molecule has 2 aromatic heterocycles. The maximum absolute atomic E-state index is 12.3. The van der Waals surface area contributed by atoms with E-state index in [1.54, 1.807) is 0 Å². The van der Waals surface area contributed by atoms with Crippen molar-refractivity contribution in [2.45, 2.75) is 62.2 Å². The normalized spacial score (nSPS) is 37.2. The van der Waals surface area contributed by atoms with E-state index in [1.807, 2.05) is 0 Å². The fourth-order valence-electron chi connectivity index (χ4n) is 3.80. The quantitative estimate of drug-likeness (QED) is 0.134. The largest absolute Gasteiger partial charge is 0.483 e. The van der Waals surface area contributed by atoms with Crippen LogP contribution in [0.5, 0.6) is 0 Å². The smallest absolute Gasteiger partial charge is 0.388 e. The molecule has 2 aliphatic heterocycles. The van der Waals surface area contributed by atoms with Crippen molar-refractivity contribution in [3.05, 3.63) is 16.7 Å². The van der Waals surface area contributed by atoms with Crippen LogP contribution in [0, 0.1) is 0 Å². The van der Waals surface area contributed by atoms with Gasteiger partial charge in [-0.15, -0.1) is 0 Å². The molecule has 0 aromatic carbocycles. The number of ether oxygens (including phenoxy) is 2. The van der Waals surface area contributed by atoms with E-state index in [2.05, 4.69) is 28.3 Å². The number of aliphatic hydroxyl groups excluding tert-OH is 5. The fraction of sp³-hybridized carbons (Fsp3) is 0.688. The van der Waals surface area contributed by atoms with Gasteiger partial charge in [-0.2, -0.15) is 9.29 Å². The Hall–Kier alpha value is -1.87. The molecule has 11 atom stereocenters. The van der Waals surface area contributed by atoms with Gasteiger partial charge in [-0.3, -0.25) is 23.4 Å². The van der Waals surface area contributed by atoms with Gasteiger partial charge < -0.3 is 50.5 Å². The van der Waals surface area contributed by atoms with Gasteiger partial charge in [-0.05, 0) is 6.92 Å². The molecule has 10 N–H and O–H groups in total. The number of fused-ring (bicyclic) bond motifs is 1. The summed E-state index contributed by atoms with van der Waals surface area (Å²) >= 11 is 0. The van der Waals surface area contributed by atoms with E-state index in [1.165, 1.54) is 6.92 Å². The van der Waals surface area contributed by atoms with E-state index < -0.39 is 83.1 Å². The summed E-state index contributed by atoms with van der Waals surface area (Å²) in [6.45, 7) is 0.291. The Labute approximate surface area is 211 Å².